The summed E-state index contributed by atoms with van der Waals surface area (Å²) < 4.78 is 0. The Morgan fingerprint density at radius 1 is 1.24 bits per heavy atom. The van der Waals surface area contributed by atoms with Gasteiger partial charge in [0.25, 0.3) is 0 Å². The molecule has 0 aliphatic heterocycles. The molecule has 2 nitrogen and oxygen atoms in total. The predicted octanol–water partition coefficient (Wildman–Crippen LogP) is 3.47. The van der Waals surface area contributed by atoms with Crippen LogP contribution in [-0.2, 0) is 6.42 Å². The van der Waals surface area contributed by atoms with Crippen LogP contribution in [0.3, 0.4) is 0 Å². The highest BCUT2D eigenvalue weighted by atomic mass is 35.5. The van der Waals surface area contributed by atoms with E-state index in [4.69, 9.17) is 11.6 Å². The molecule has 3 heteroatoms. The summed E-state index contributed by atoms with van der Waals surface area (Å²) in [4.78, 5) is 16.2. The van der Waals surface area contributed by atoms with Crippen LogP contribution in [0, 0.1) is 6.92 Å². The quantitative estimate of drug-likeness (QED) is 0.775. The molecule has 0 spiro atoms. The van der Waals surface area contributed by atoms with E-state index in [1.165, 1.54) is 0 Å². The number of aromatic nitrogens is 1. The maximum atomic E-state index is 12.0. The van der Waals surface area contributed by atoms with E-state index in [-0.39, 0.29) is 12.2 Å². The first kappa shape index (κ1) is 11.8. The highest BCUT2D eigenvalue weighted by molar-refractivity contribution is 6.34. The molecule has 0 radical (unpaired) electrons. The van der Waals surface area contributed by atoms with Crippen molar-refractivity contribution in [1.29, 1.82) is 0 Å². The van der Waals surface area contributed by atoms with E-state index >= 15 is 0 Å². The van der Waals surface area contributed by atoms with Gasteiger partial charge in [-0.2, -0.15) is 0 Å². The van der Waals surface area contributed by atoms with Gasteiger partial charge in [0.2, 0.25) is 0 Å². The van der Waals surface area contributed by atoms with Crippen molar-refractivity contribution in [2.45, 2.75) is 13.3 Å². The summed E-state index contributed by atoms with van der Waals surface area (Å²) >= 11 is 5.97. The minimum Gasteiger partial charge on any atom is -0.294 e. The first-order valence-corrected chi connectivity index (χ1v) is 5.74. The predicted molar refractivity (Wildman–Crippen MR) is 68.5 cm³/mol. The van der Waals surface area contributed by atoms with Crippen molar-refractivity contribution in [2.75, 3.05) is 0 Å². The second-order valence-electron chi connectivity index (χ2n) is 3.91. The lowest BCUT2D eigenvalue weighted by molar-refractivity contribution is 0.0992. The van der Waals surface area contributed by atoms with E-state index in [1.807, 2.05) is 31.2 Å². The Labute approximate surface area is 105 Å². The molecule has 0 fully saturated rings. The first-order chi connectivity index (χ1) is 8.16. The smallest absolute Gasteiger partial charge is 0.170 e. The van der Waals surface area contributed by atoms with E-state index in [9.17, 15) is 4.79 Å². The standard InChI is InChI=1S/C14H12ClNO/c1-10-6-7-11(16-9-10)8-14(17)12-4-2-3-5-13(12)15/h2-7,9H,8H2,1H3. The molecule has 17 heavy (non-hydrogen) atoms. The fourth-order valence-corrected chi connectivity index (χ4v) is 1.79. The molecule has 1 aromatic heterocycles. The maximum absolute atomic E-state index is 12.0. The number of benzene rings is 1. The molecule has 0 amide bonds. The van der Waals surface area contributed by atoms with Crippen LogP contribution in [0.5, 0.6) is 0 Å². The van der Waals surface area contributed by atoms with E-state index in [1.54, 1.807) is 18.3 Å². The van der Waals surface area contributed by atoms with Gasteiger partial charge in [-0.25, -0.2) is 0 Å². The Bertz CT molecular complexity index is 534. The van der Waals surface area contributed by atoms with Crippen molar-refractivity contribution in [3.63, 3.8) is 0 Å². The zero-order valence-corrected chi connectivity index (χ0v) is 10.2. The minimum absolute atomic E-state index is 0.00745. The maximum Gasteiger partial charge on any atom is 0.170 e. The fourth-order valence-electron chi connectivity index (χ4n) is 1.55. The molecule has 0 saturated heterocycles. The van der Waals surface area contributed by atoms with E-state index in [0.29, 0.717) is 10.6 Å². The average Bonchev–Trinajstić information content (AvgIpc) is 2.32. The van der Waals surface area contributed by atoms with Crippen LogP contribution in [0.4, 0.5) is 0 Å². The molecule has 0 bridgehead atoms. The average molecular weight is 246 g/mol. The summed E-state index contributed by atoms with van der Waals surface area (Å²) in [7, 11) is 0. The van der Waals surface area contributed by atoms with E-state index in [0.717, 1.165) is 11.3 Å². The largest absolute Gasteiger partial charge is 0.294 e. The number of Topliss-reactive ketones (excluding diaryl/α,β-unsaturated/α-hetero) is 1. The van der Waals surface area contributed by atoms with Crippen LogP contribution in [0.15, 0.2) is 42.6 Å². The third-order valence-electron chi connectivity index (χ3n) is 2.49. The van der Waals surface area contributed by atoms with Gasteiger partial charge in [-0.05, 0) is 30.7 Å². The number of carbonyl (C=O) groups is 1. The lowest BCUT2D eigenvalue weighted by Gasteiger charge is -2.03. The topological polar surface area (TPSA) is 30.0 Å². The van der Waals surface area contributed by atoms with Gasteiger partial charge in [0.05, 0.1) is 11.4 Å². The molecule has 0 atom stereocenters. The zero-order valence-electron chi connectivity index (χ0n) is 9.48. The Morgan fingerprint density at radius 2 is 2.00 bits per heavy atom. The highest BCUT2D eigenvalue weighted by Crippen LogP contribution is 2.17. The number of hydrogen-bond donors (Lipinski definition) is 0. The van der Waals surface area contributed by atoms with E-state index < -0.39 is 0 Å². The Morgan fingerprint density at radius 3 is 2.65 bits per heavy atom. The number of halogens is 1. The molecule has 0 aliphatic rings. The highest BCUT2D eigenvalue weighted by Gasteiger charge is 2.10. The third kappa shape index (κ3) is 2.92. The van der Waals surface area contributed by atoms with Gasteiger partial charge in [-0.1, -0.05) is 29.8 Å². The molecule has 0 unspecified atom stereocenters. The molecule has 0 aliphatic carbocycles. The van der Waals surface area contributed by atoms with Gasteiger partial charge in [-0.15, -0.1) is 0 Å². The number of ketones is 1. The Kier molecular flexibility index (Phi) is 3.55. The number of rotatable bonds is 3. The molecule has 86 valence electrons. The SMILES string of the molecule is Cc1ccc(CC(=O)c2ccccc2Cl)nc1. The molecule has 0 saturated carbocycles. The van der Waals surface area contributed by atoms with Crippen molar-refractivity contribution in [3.8, 4) is 0 Å². The van der Waals surface area contributed by atoms with Crippen LogP contribution < -0.4 is 0 Å². The molecule has 2 rings (SSSR count). The van der Waals surface area contributed by atoms with Crippen molar-refractivity contribution in [1.82, 2.24) is 4.98 Å². The monoisotopic (exact) mass is 245 g/mol. The van der Waals surface area contributed by atoms with Gasteiger partial charge in [-0.3, -0.25) is 9.78 Å². The fraction of sp³-hybridized carbons (Fsp3) is 0.143. The van der Waals surface area contributed by atoms with Gasteiger partial charge in [0.1, 0.15) is 0 Å². The summed E-state index contributed by atoms with van der Waals surface area (Å²) in [6.07, 6.45) is 2.04. The van der Waals surface area contributed by atoms with Crippen molar-refractivity contribution in [3.05, 3.63) is 64.4 Å². The summed E-state index contributed by atoms with van der Waals surface area (Å²) in [5, 5.41) is 0.490. The minimum atomic E-state index is -0.00745. The van der Waals surface area contributed by atoms with Gasteiger partial charge in [0.15, 0.2) is 5.78 Å². The van der Waals surface area contributed by atoms with Crippen LogP contribution >= 0.6 is 11.6 Å². The van der Waals surface area contributed by atoms with Crippen LogP contribution in [0.1, 0.15) is 21.6 Å². The Hall–Kier alpha value is -1.67. The van der Waals surface area contributed by atoms with Gasteiger partial charge >= 0.3 is 0 Å². The van der Waals surface area contributed by atoms with Crippen LogP contribution in [0.25, 0.3) is 0 Å². The first-order valence-electron chi connectivity index (χ1n) is 5.36. The molecule has 0 N–H and O–H groups in total. The number of aryl methyl sites for hydroxylation is 1. The van der Waals surface area contributed by atoms with Crippen molar-refractivity contribution in [2.24, 2.45) is 0 Å². The summed E-state index contributed by atoms with van der Waals surface area (Å²) in [5.41, 5.74) is 2.40. The number of nitrogens with zero attached hydrogens (tertiary/aromatic N) is 1. The second kappa shape index (κ2) is 5.11. The van der Waals surface area contributed by atoms with Gasteiger partial charge in [0, 0.05) is 17.5 Å². The second-order valence-corrected chi connectivity index (χ2v) is 4.31. The summed E-state index contributed by atoms with van der Waals surface area (Å²) in [6.45, 7) is 1.96. The normalized spacial score (nSPS) is 10.2. The number of pyridine rings is 1. The zero-order chi connectivity index (χ0) is 12.3. The molecular formula is C14H12ClNO. The lowest BCUT2D eigenvalue weighted by atomic mass is 10.1. The number of carbonyl (C=O) groups excluding carboxylic acids is 1. The van der Waals surface area contributed by atoms with Gasteiger partial charge < -0.3 is 0 Å². The van der Waals surface area contributed by atoms with Crippen LogP contribution in [-0.4, -0.2) is 10.8 Å². The third-order valence-corrected chi connectivity index (χ3v) is 2.82. The molecule has 2 aromatic rings. The molecular weight excluding hydrogens is 234 g/mol. The van der Waals surface area contributed by atoms with Crippen LogP contribution in [0.2, 0.25) is 5.02 Å². The Balaban J connectivity index is 2.17. The van der Waals surface area contributed by atoms with E-state index in [2.05, 4.69) is 4.98 Å². The summed E-state index contributed by atoms with van der Waals surface area (Å²) in [5.74, 6) is -0.00745. The lowest BCUT2D eigenvalue weighted by Crippen LogP contribution is -2.05. The summed E-state index contributed by atoms with van der Waals surface area (Å²) in [6, 6.07) is 10.9. The molecule has 1 aromatic carbocycles. The van der Waals surface area contributed by atoms with Crippen molar-refractivity contribution < 1.29 is 4.79 Å². The number of hydrogen-bond acceptors (Lipinski definition) is 2. The van der Waals surface area contributed by atoms with Crippen molar-refractivity contribution >= 4 is 17.4 Å². The molecule has 1 heterocycles.